The summed E-state index contributed by atoms with van der Waals surface area (Å²) in [7, 11) is 0. The maximum absolute atomic E-state index is 12.4. The van der Waals surface area contributed by atoms with Crippen molar-refractivity contribution in [2.24, 2.45) is 0 Å². The first-order valence-corrected chi connectivity index (χ1v) is 8.93. The smallest absolute Gasteiger partial charge is 0.227 e. The van der Waals surface area contributed by atoms with E-state index in [4.69, 9.17) is 0 Å². The fourth-order valence-electron chi connectivity index (χ4n) is 2.59. The summed E-state index contributed by atoms with van der Waals surface area (Å²) in [4.78, 5) is 17.0. The summed E-state index contributed by atoms with van der Waals surface area (Å²) in [6.45, 7) is 2.62. The van der Waals surface area contributed by atoms with Gasteiger partial charge in [0.1, 0.15) is 0 Å². The Morgan fingerprint density at radius 2 is 2.12 bits per heavy atom. The molecule has 0 aliphatic rings. The molecule has 1 amide bonds. The molecular formula is C18H20N4OS. The van der Waals surface area contributed by atoms with Gasteiger partial charge in [-0.1, -0.05) is 37.3 Å². The molecule has 0 aliphatic heterocycles. The van der Waals surface area contributed by atoms with E-state index >= 15 is 0 Å². The van der Waals surface area contributed by atoms with E-state index in [-0.39, 0.29) is 11.8 Å². The van der Waals surface area contributed by atoms with E-state index in [1.165, 1.54) is 0 Å². The van der Waals surface area contributed by atoms with Crippen molar-refractivity contribution < 1.29 is 4.79 Å². The van der Waals surface area contributed by atoms with Gasteiger partial charge in [0.25, 0.3) is 0 Å². The maximum Gasteiger partial charge on any atom is 0.227 e. The molecule has 0 unspecified atom stereocenters. The Morgan fingerprint density at radius 3 is 2.83 bits per heavy atom. The van der Waals surface area contributed by atoms with Crippen LogP contribution in [0, 0.1) is 0 Å². The summed E-state index contributed by atoms with van der Waals surface area (Å²) in [5, 5.41) is 10.1. The third-order valence-electron chi connectivity index (χ3n) is 3.85. The standard InChI is InChI=1S/C18H20N4OS/c1-2-16(14-7-4-3-5-8-14)17(23)19-11-9-15-13-24-18(21-15)22-12-6-10-20-22/h3-8,10,12-13,16H,2,9,11H2,1H3,(H,19,23)/t16-/m1/s1. The molecule has 0 fully saturated rings. The lowest BCUT2D eigenvalue weighted by Gasteiger charge is -2.15. The highest BCUT2D eigenvalue weighted by Crippen LogP contribution is 2.19. The van der Waals surface area contributed by atoms with Gasteiger partial charge in [-0.3, -0.25) is 4.79 Å². The van der Waals surface area contributed by atoms with E-state index in [9.17, 15) is 4.79 Å². The Hall–Kier alpha value is -2.47. The van der Waals surface area contributed by atoms with Crippen LogP contribution in [0.5, 0.6) is 0 Å². The van der Waals surface area contributed by atoms with Crippen LogP contribution in [-0.4, -0.2) is 27.2 Å². The lowest BCUT2D eigenvalue weighted by molar-refractivity contribution is -0.122. The Kier molecular flexibility index (Phi) is 5.38. The van der Waals surface area contributed by atoms with Crippen LogP contribution in [0.3, 0.4) is 0 Å². The molecule has 1 N–H and O–H groups in total. The van der Waals surface area contributed by atoms with Gasteiger partial charge in [-0.05, 0) is 18.1 Å². The summed E-state index contributed by atoms with van der Waals surface area (Å²) >= 11 is 1.55. The number of hydrogen-bond acceptors (Lipinski definition) is 4. The third-order valence-corrected chi connectivity index (χ3v) is 4.73. The molecule has 3 aromatic rings. The second kappa shape index (κ2) is 7.88. The molecule has 3 rings (SSSR count). The monoisotopic (exact) mass is 340 g/mol. The first-order valence-electron chi connectivity index (χ1n) is 8.05. The Bertz CT molecular complexity index is 767. The highest BCUT2D eigenvalue weighted by Gasteiger charge is 2.17. The largest absolute Gasteiger partial charge is 0.355 e. The average molecular weight is 340 g/mol. The van der Waals surface area contributed by atoms with Gasteiger partial charge in [-0.15, -0.1) is 11.3 Å². The van der Waals surface area contributed by atoms with E-state index in [2.05, 4.69) is 15.4 Å². The van der Waals surface area contributed by atoms with Crippen molar-refractivity contribution >= 4 is 17.2 Å². The number of aromatic nitrogens is 3. The second-order valence-electron chi connectivity index (χ2n) is 5.48. The minimum atomic E-state index is -0.0960. The minimum Gasteiger partial charge on any atom is -0.355 e. The molecule has 2 heterocycles. The normalized spacial score (nSPS) is 12.0. The van der Waals surface area contributed by atoms with Gasteiger partial charge in [0.05, 0.1) is 11.6 Å². The summed E-state index contributed by atoms with van der Waals surface area (Å²) < 4.78 is 1.75. The second-order valence-corrected chi connectivity index (χ2v) is 6.32. The highest BCUT2D eigenvalue weighted by molar-refractivity contribution is 7.12. The third kappa shape index (κ3) is 3.89. The summed E-state index contributed by atoms with van der Waals surface area (Å²) in [5.41, 5.74) is 2.03. The zero-order valence-corrected chi connectivity index (χ0v) is 14.4. The van der Waals surface area contributed by atoms with E-state index in [1.54, 1.807) is 22.2 Å². The molecule has 6 heteroatoms. The van der Waals surface area contributed by atoms with Crippen molar-refractivity contribution in [1.29, 1.82) is 0 Å². The van der Waals surface area contributed by atoms with Crippen molar-refractivity contribution in [3.8, 4) is 5.13 Å². The van der Waals surface area contributed by atoms with Crippen molar-refractivity contribution in [2.45, 2.75) is 25.7 Å². The molecule has 0 saturated carbocycles. The summed E-state index contributed by atoms with van der Waals surface area (Å²) in [6.07, 6.45) is 5.11. The summed E-state index contributed by atoms with van der Waals surface area (Å²) in [5.74, 6) is -0.0208. The molecule has 0 bridgehead atoms. The van der Waals surface area contributed by atoms with Crippen LogP contribution >= 0.6 is 11.3 Å². The van der Waals surface area contributed by atoms with Crippen LogP contribution in [0.15, 0.2) is 54.2 Å². The van der Waals surface area contributed by atoms with Crippen molar-refractivity contribution in [2.75, 3.05) is 6.54 Å². The molecule has 0 radical (unpaired) electrons. The number of carbonyl (C=O) groups is 1. The minimum absolute atomic E-state index is 0.0752. The predicted octanol–water partition coefficient (Wildman–Crippen LogP) is 3.18. The number of nitrogens with one attached hydrogen (secondary N) is 1. The fraction of sp³-hybridized carbons (Fsp3) is 0.278. The van der Waals surface area contributed by atoms with Gasteiger partial charge in [0, 0.05) is 30.7 Å². The van der Waals surface area contributed by atoms with Gasteiger partial charge in [0.2, 0.25) is 11.0 Å². The van der Waals surface area contributed by atoms with Crippen LogP contribution in [0.2, 0.25) is 0 Å². The van der Waals surface area contributed by atoms with Crippen molar-refractivity contribution in [3.63, 3.8) is 0 Å². The molecule has 5 nitrogen and oxygen atoms in total. The average Bonchev–Trinajstić information content (AvgIpc) is 3.28. The molecule has 24 heavy (non-hydrogen) atoms. The lowest BCUT2D eigenvalue weighted by atomic mass is 9.96. The molecular weight excluding hydrogens is 320 g/mol. The maximum atomic E-state index is 12.4. The lowest BCUT2D eigenvalue weighted by Crippen LogP contribution is -2.30. The van der Waals surface area contributed by atoms with Crippen molar-refractivity contribution in [1.82, 2.24) is 20.1 Å². The van der Waals surface area contributed by atoms with E-state index < -0.39 is 0 Å². The van der Waals surface area contributed by atoms with Crippen LogP contribution in [0.1, 0.15) is 30.5 Å². The Labute approximate surface area is 145 Å². The molecule has 124 valence electrons. The molecule has 1 aromatic carbocycles. The highest BCUT2D eigenvalue weighted by atomic mass is 32.1. The van der Waals surface area contributed by atoms with Gasteiger partial charge in [-0.25, -0.2) is 9.67 Å². The van der Waals surface area contributed by atoms with Crippen LogP contribution in [0.25, 0.3) is 5.13 Å². The van der Waals surface area contributed by atoms with Gasteiger partial charge in [-0.2, -0.15) is 5.10 Å². The first-order chi connectivity index (χ1) is 11.8. The van der Waals surface area contributed by atoms with Crippen LogP contribution < -0.4 is 5.32 Å². The fourth-order valence-corrected chi connectivity index (χ4v) is 3.39. The number of nitrogens with zero attached hydrogens (tertiary/aromatic N) is 3. The molecule has 0 saturated heterocycles. The number of carbonyl (C=O) groups excluding carboxylic acids is 1. The quantitative estimate of drug-likeness (QED) is 0.718. The first kappa shape index (κ1) is 16.4. The number of thiazole rings is 1. The number of rotatable bonds is 7. The van der Waals surface area contributed by atoms with E-state index in [0.717, 1.165) is 22.8 Å². The van der Waals surface area contributed by atoms with Gasteiger partial charge in [0.15, 0.2) is 0 Å². The zero-order valence-electron chi connectivity index (χ0n) is 13.6. The number of amides is 1. The van der Waals surface area contributed by atoms with Crippen molar-refractivity contribution in [3.05, 3.63) is 65.4 Å². The van der Waals surface area contributed by atoms with Gasteiger partial charge < -0.3 is 5.32 Å². The van der Waals surface area contributed by atoms with Crippen LogP contribution in [0.4, 0.5) is 0 Å². The topological polar surface area (TPSA) is 59.8 Å². The molecule has 0 aliphatic carbocycles. The van der Waals surface area contributed by atoms with Crippen LogP contribution in [-0.2, 0) is 11.2 Å². The molecule has 1 atom stereocenters. The molecule has 0 spiro atoms. The number of hydrogen-bond donors (Lipinski definition) is 1. The van der Waals surface area contributed by atoms with Gasteiger partial charge >= 0.3 is 0 Å². The zero-order chi connectivity index (χ0) is 16.8. The predicted molar refractivity (Wildman–Crippen MR) is 95.4 cm³/mol. The Balaban J connectivity index is 1.53. The SMILES string of the molecule is CC[C@@H](C(=O)NCCc1csc(-n2cccn2)n1)c1ccccc1. The summed E-state index contributed by atoms with van der Waals surface area (Å²) in [6, 6.07) is 11.8. The Morgan fingerprint density at radius 1 is 1.29 bits per heavy atom. The van der Waals surface area contributed by atoms with E-state index in [1.807, 2.05) is 54.9 Å². The number of benzene rings is 1. The van der Waals surface area contributed by atoms with E-state index in [0.29, 0.717) is 13.0 Å². The molecule has 2 aromatic heterocycles.